The van der Waals surface area contributed by atoms with Gasteiger partial charge in [0.2, 0.25) is 5.91 Å². The first-order valence-corrected chi connectivity index (χ1v) is 4.84. The predicted molar refractivity (Wildman–Crippen MR) is 47.6 cm³/mol. The van der Waals surface area contributed by atoms with E-state index in [-0.39, 0.29) is 11.3 Å². The number of piperidine rings is 1. The van der Waals surface area contributed by atoms with E-state index in [4.69, 9.17) is 0 Å². The van der Waals surface area contributed by atoms with Crippen LogP contribution in [0.25, 0.3) is 0 Å². The second kappa shape index (κ2) is 2.24. The van der Waals surface area contributed by atoms with E-state index in [2.05, 4.69) is 26.1 Å². The highest BCUT2D eigenvalue weighted by molar-refractivity contribution is 5.86. The van der Waals surface area contributed by atoms with Crippen molar-refractivity contribution >= 4 is 5.91 Å². The van der Waals surface area contributed by atoms with Crippen LogP contribution in [0, 0.1) is 17.3 Å². The monoisotopic (exact) mass is 167 g/mol. The van der Waals surface area contributed by atoms with Gasteiger partial charge in [0.25, 0.3) is 0 Å². The Morgan fingerprint density at radius 3 is 2.50 bits per heavy atom. The number of fused-ring (bicyclic) bond motifs is 2. The Labute approximate surface area is 73.7 Å². The van der Waals surface area contributed by atoms with Gasteiger partial charge in [-0.3, -0.25) is 4.79 Å². The molecule has 1 aliphatic carbocycles. The molecule has 0 aromatic heterocycles. The molecule has 1 N–H and O–H groups in total. The lowest BCUT2D eigenvalue weighted by Gasteiger charge is -2.29. The van der Waals surface area contributed by atoms with E-state index >= 15 is 0 Å². The highest BCUT2D eigenvalue weighted by Gasteiger charge is 2.53. The van der Waals surface area contributed by atoms with Gasteiger partial charge in [-0.25, -0.2) is 0 Å². The third-order valence-corrected chi connectivity index (χ3v) is 3.59. The Hall–Kier alpha value is -0.530. The highest BCUT2D eigenvalue weighted by Crippen LogP contribution is 2.49. The lowest BCUT2D eigenvalue weighted by atomic mass is 9.82. The first-order valence-electron chi connectivity index (χ1n) is 4.84. The van der Waals surface area contributed by atoms with Crippen molar-refractivity contribution < 1.29 is 4.79 Å². The fourth-order valence-electron chi connectivity index (χ4n) is 2.77. The molecule has 2 fully saturated rings. The molecule has 2 nitrogen and oxygen atoms in total. The zero-order valence-corrected chi connectivity index (χ0v) is 8.05. The molecule has 2 heteroatoms. The topological polar surface area (TPSA) is 29.1 Å². The van der Waals surface area contributed by atoms with Gasteiger partial charge in [0.1, 0.15) is 0 Å². The first-order chi connectivity index (χ1) is 5.53. The van der Waals surface area contributed by atoms with Crippen LogP contribution < -0.4 is 5.32 Å². The van der Waals surface area contributed by atoms with Gasteiger partial charge in [0.15, 0.2) is 0 Å². The van der Waals surface area contributed by atoms with Gasteiger partial charge in [-0.1, -0.05) is 20.8 Å². The van der Waals surface area contributed by atoms with Gasteiger partial charge in [0, 0.05) is 11.5 Å². The molecule has 1 aliphatic heterocycles. The van der Waals surface area contributed by atoms with Crippen molar-refractivity contribution in [3.63, 3.8) is 0 Å². The van der Waals surface area contributed by atoms with E-state index in [1.165, 1.54) is 0 Å². The van der Waals surface area contributed by atoms with Crippen LogP contribution in [0.5, 0.6) is 0 Å². The molecule has 2 rings (SSSR count). The van der Waals surface area contributed by atoms with E-state index in [1.54, 1.807) is 0 Å². The van der Waals surface area contributed by atoms with Crippen molar-refractivity contribution in [1.29, 1.82) is 0 Å². The zero-order valence-electron chi connectivity index (χ0n) is 8.05. The van der Waals surface area contributed by atoms with Crippen LogP contribution in [0.15, 0.2) is 0 Å². The minimum Gasteiger partial charge on any atom is -0.353 e. The Balaban J connectivity index is 2.18. The summed E-state index contributed by atoms with van der Waals surface area (Å²) in [6, 6.07) is 0.475. The molecular formula is C10H17NO. The fraction of sp³-hybridized carbons (Fsp3) is 0.900. The molecule has 0 spiro atoms. The Morgan fingerprint density at radius 2 is 2.17 bits per heavy atom. The summed E-state index contributed by atoms with van der Waals surface area (Å²) in [4.78, 5) is 11.4. The van der Waals surface area contributed by atoms with Crippen molar-refractivity contribution in [2.45, 2.75) is 39.7 Å². The summed E-state index contributed by atoms with van der Waals surface area (Å²) in [5.41, 5.74) is -0.0282. The second-order valence-corrected chi connectivity index (χ2v) is 4.96. The summed E-state index contributed by atoms with van der Waals surface area (Å²) in [7, 11) is 0. The van der Waals surface area contributed by atoms with Crippen molar-refractivity contribution in [2.75, 3.05) is 0 Å². The van der Waals surface area contributed by atoms with Crippen molar-refractivity contribution in [1.82, 2.24) is 5.32 Å². The summed E-state index contributed by atoms with van der Waals surface area (Å²) in [5, 5.41) is 3.09. The summed E-state index contributed by atoms with van der Waals surface area (Å²) < 4.78 is 0. The third kappa shape index (κ3) is 0.900. The van der Waals surface area contributed by atoms with Crippen molar-refractivity contribution in [3.05, 3.63) is 0 Å². The van der Waals surface area contributed by atoms with Gasteiger partial charge in [0.05, 0.1) is 0 Å². The minimum absolute atomic E-state index is 0.0282. The average molecular weight is 167 g/mol. The maximum absolute atomic E-state index is 11.4. The molecule has 12 heavy (non-hydrogen) atoms. The largest absolute Gasteiger partial charge is 0.353 e. The van der Waals surface area contributed by atoms with Crippen molar-refractivity contribution in [3.8, 4) is 0 Å². The van der Waals surface area contributed by atoms with E-state index in [0.717, 1.165) is 12.8 Å². The zero-order chi connectivity index (χ0) is 8.93. The Morgan fingerprint density at radius 1 is 1.50 bits per heavy atom. The number of hydrogen-bond donors (Lipinski definition) is 1. The van der Waals surface area contributed by atoms with Gasteiger partial charge in [-0.2, -0.15) is 0 Å². The molecule has 1 unspecified atom stereocenters. The SMILES string of the molecule is CC(C)C1C[C@]2(C)C[C@@H]1NC2=O. The van der Waals surface area contributed by atoms with Crippen LogP contribution in [0.3, 0.4) is 0 Å². The predicted octanol–water partition coefficient (Wildman–Crippen LogP) is 1.56. The van der Waals surface area contributed by atoms with E-state index < -0.39 is 0 Å². The smallest absolute Gasteiger partial charge is 0.226 e. The molecule has 68 valence electrons. The number of nitrogens with one attached hydrogen (secondary N) is 1. The quantitative estimate of drug-likeness (QED) is 0.631. The van der Waals surface area contributed by atoms with Crippen LogP contribution in [0.1, 0.15) is 33.6 Å². The number of rotatable bonds is 1. The number of carbonyl (C=O) groups excluding carboxylic acids is 1. The van der Waals surface area contributed by atoms with Gasteiger partial charge in [-0.05, 0) is 24.7 Å². The molecule has 2 aliphatic rings. The Bertz CT molecular complexity index is 224. The maximum Gasteiger partial charge on any atom is 0.226 e. The summed E-state index contributed by atoms with van der Waals surface area (Å²) in [5.74, 6) is 1.70. The van der Waals surface area contributed by atoms with Crippen LogP contribution in [0.4, 0.5) is 0 Å². The molecule has 2 bridgehead atoms. The lowest BCUT2D eigenvalue weighted by Crippen LogP contribution is -2.42. The van der Waals surface area contributed by atoms with Crippen LogP contribution in [-0.4, -0.2) is 11.9 Å². The van der Waals surface area contributed by atoms with Crippen LogP contribution in [0.2, 0.25) is 0 Å². The molecular weight excluding hydrogens is 150 g/mol. The molecule has 3 atom stereocenters. The average Bonchev–Trinajstić information content (AvgIpc) is 2.40. The molecule has 1 amide bonds. The normalized spacial score (nSPS) is 45.5. The molecule has 0 aromatic carbocycles. The number of amides is 1. The number of carbonyl (C=O) groups is 1. The van der Waals surface area contributed by atoms with Crippen molar-refractivity contribution in [2.24, 2.45) is 17.3 Å². The molecule has 1 saturated heterocycles. The van der Waals surface area contributed by atoms with E-state index in [1.807, 2.05) is 0 Å². The third-order valence-electron chi connectivity index (χ3n) is 3.59. The van der Waals surface area contributed by atoms with Gasteiger partial charge < -0.3 is 5.32 Å². The summed E-state index contributed by atoms with van der Waals surface area (Å²) in [6.45, 7) is 6.60. The Kier molecular flexibility index (Phi) is 1.51. The van der Waals surface area contributed by atoms with Crippen LogP contribution in [-0.2, 0) is 4.79 Å². The maximum atomic E-state index is 11.4. The molecule has 1 saturated carbocycles. The minimum atomic E-state index is -0.0282. The van der Waals surface area contributed by atoms with E-state index in [0.29, 0.717) is 17.9 Å². The fourth-order valence-corrected chi connectivity index (χ4v) is 2.77. The number of hydrogen-bond acceptors (Lipinski definition) is 1. The highest BCUT2D eigenvalue weighted by atomic mass is 16.2. The first kappa shape index (κ1) is 8.09. The summed E-state index contributed by atoms with van der Waals surface area (Å²) in [6.07, 6.45) is 2.16. The van der Waals surface area contributed by atoms with E-state index in [9.17, 15) is 4.79 Å². The van der Waals surface area contributed by atoms with Crippen LogP contribution >= 0.6 is 0 Å². The lowest BCUT2D eigenvalue weighted by molar-refractivity contribution is -0.129. The standard InChI is InChI=1S/C10H17NO/c1-6(2)7-4-10(3)5-8(7)11-9(10)12/h6-8H,4-5H2,1-3H3,(H,11,12)/t7?,8-,10+/m0/s1. The summed E-state index contributed by atoms with van der Waals surface area (Å²) >= 11 is 0. The van der Waals surface area contributed by atoms with Gasteiger partial charge in [-0.15, -0.1) is 0 Å². The molecule has 0 radical (unpaired) electrons. The van der Waals surface area contributed by atoms with Gasteiger partial charge >= 0.3 is 0 Å². The molecule has 0 aromatic rings. The molecule has 1 heterocycles. The second-order valence-electron chi connectivity index (χ2n) is 4.96.